The molecule has 1 amide bonds. The average molecular weight is 407 g/mol. The summed E-state index contributed by atoms with van der Waals surface area (Å²) in [5.41, 5.74) is 2.22. The molecule has 1 aliphatic rings. The van der Waals surface area contributed by atoms with Crippen molar-refractivity contribution in [1.82, 2.24) is 19.3 Å². The normalized spacial score (nSPS) is 14.3. The van der Waals surface area contributed by atoms with Gasteiger partial charge in [0.1, 0.15) is 0 Å². The zero-order valence-corrected chi connectivity index (χ0v) is 16.2. The summed E-state index contributed by atoms with van der Waals surface area (Å²) in [4.78, 5) is 23.2. The fourth-order valence-electron chi connectivity index (χ4n) is 2.99. The molecule has 0 atom stereocenters. The highest BCUT2D eigenvalue weighted by Crippen LogP contribution is 2.25. The van der Waals surface area contributed by atoms with Crippen molar-refractivity contribution in [3.63, 3.8) is 0 Å². The molecule has 4 heterocycles. The molecule has 0 saturated carbocycles. The van der Waals surface area contributed by atoms with E-state index in [0.717, 1.165) is 36.7 Å². The molecule has 1 aliphatic heterocycles. The number of aromatic nitrogens is 3. The quantitative estimate of drug-likeness (QED) is 0.595. The molecule has 3 aromatic rings. The van der Waals surface area contributed by atoms with Crippen molar-refractivity contribution >= 4 is 46.5 Å². The van der Waals surface area contributed by atoms with E-state index >= 15 is 0 Å². The van der Waals surface area contributed by atoms with Crippen LogP contribution in [0.1, 0.15) is 28.9 Å². The van der Waals surface area contributed by atoms with Crippen LogP contribution in [-0.4, -0.2) is 38.3 Å². The van der Waals surface area contributed by atoms with Crippen LogP contribution in [-0.2, 0) is 5.75 Å². The Morgan fingerprint density at radius 2 is 2.00 bits per heavy atom. The molecule has 8 heteroatoms. The fourth-order valence-corrected chi connectivity index (χ4v) is 4.24. The molecule has 26 heavy (non-hydrogen) atoms. The number of hydrogen-bond donors (Lipinski definition) is 0. The summed E-state index contributed by atoms with van der Waals surface area (Å²) in [6, 6.07) is 5.41. The maximum Gasteiger partial charge on any atom is 0.255 e. The van der Waals surface area contributed by atoms with Crippen LogP contribution in [0, 0.1) is 0 Å². The van der Waals surface area contributed by atoms with E-state index in [9.17, 15) is 4.79 Å². The van der Waals surface area contributed by atoms with Crippen molar-refractivity contribution in [3.05, 3.63) is 58.1 Å². The van der Waals surface area contributed by atoms with Crippen LogP contribution in [0.4, 0.5) is 0 Å². The molecule has 0 spiro atoms. The number of halogens is 2. The van der Waals surface area contributed by atoms with Crippen LogP contribution in [0.3, 0.4) is 0 Å². The molecule has 0 N–H and O–H groups in total. The van der Waals surface area contributed by atoms with E-state index in [-0.39, 0.29) is 5.91 Å². The van der Waals surface area contributed by atoms with E-state index in [2.05, 4.69) is 9.97 Å². The van der Waals surface area contributed by atoms with Crippen LogP contribution < -0.4 is 0 Å². The van der Waals surface area contributed by atoms with E-state index in [1.54, 1.807) is 30.2 Å². The number of hydrogen-bond acceptors (Lipinski definition) is 4. The standard InChI is InChI=1S/C18H16Cl2N4OS/c19-13-7-15(20)17-22-14(10-24(17)9-13)11-26-16-4-3-12(8-21-16)18(25)23-5-1-2-6-23/h3-4,7-10H,1-2,5-6,11H2. The maximum absolute atomic E-state index is 12.3. The van der Waals surface area contributed by atoms with Gasteiger partial charge in [-0.15, -0.1) is 0 Å². The fraction of sp³-hybridized carbons (Fsp3) is 0.278. The molecule has 0 radical (unpaired) electrons. The molecule has 5 nitrogen and oxygen atoms in total. The Labute approximate surface area is 165 Å². The minimum absolute atomic E-state index is 0.0680. The van der Waals surface area contributed by atoms with Crippen molar-refractivity contribution < 1.29 is 4.79 Å². The van der Waals surface area contributed by atoms with Crippen LogP contribution >= 0.6 is 35.0 Å². The Morgan fingerprint density at radius 1 is 1.19 bits per heavy atom. The lowest BCUT2D eigenvalue weighted by Gasteiger charge is -2.14. The largest absolute Gasteiger partial charge is 0.339 e. The van der Waals surface area contributed by atoms with Gasteiger partial charge in [0.2, 0.25) is 0 Å². The summed E-state index contributed by atoms with van der Waals surface area (Å²) in [7, 11) is 0. The Bertz CT molecular complexity index is 952. The van der Waals surface area contributed by atoms with E-state index in [4.69, 9.17) is 23.2 Å². The lowest BCUT2D eigenvalue weighted by molar-refractivity contribution is 0.0792. The van der Waals surface area contributed by atoms with Gasteiger partial charge >= 0.3 is 0 Å². The second-order valence-corrected chi connectivity index (χ2v) is 7.98. The van der Waals surface area contributed by atoms with Crippen molar-refractivity contribution in [2.75, 3.05) is 13.1 Å². The summed E-state index contributed by atoms with van der Waals surface area (Å²) >= 11 is 13.7. The first-order valence-electron chi connectivity index (χ1n) is 8.31. The zero-order chi connectivity index (χ0) is 18.1. The number of carbonyl (C=O) groups is 1. The lowest BCUT2D eigenvalue weighted by atomic mass is 10.2. The highest BCUT2D eigenvalue weighted by atomic mass is 35.5. The number of nitrogens with zero attached hydrogens (tertiary/aromatic N) is 4. The molecular formula is C18H16Cl2N4OS. The third-order valence-corrected chi connectivity index (χ3v) is 5.73. The Kier molecular flexibility index (Phi) is 5.07. The third kappa shape index (κ3) is 3.68. The molecule has 1 fully saturated rings. The molecule has 4 rings (SSSR count). The first-order chi connectivity index (χ1) is 12.6. The molecular weight excluding hydrogens is 391 g/mol. The molecule has 1 saturated heterocycles. The SMILES string of the molecule is O=C(c1ccc(SCc2cn3cc(Cl)cc(Cl)c3n2)nc1)N1CCCC1. The third-order valence-electron chi connectivity index (χ3n) is 4.27. The lowest BCUT2D eigenvalue weighted by Crippen LogP contribution is -2.27. The van der Waals surface area contributed by atoms with Gasteiger partial charge in [-0.1, -0.05) is 35.0 Å². The predicted octanol–water partition coefficient (Wildman–Crippen LogP) is 4.56. The summed E-state index contributed by atoms with van der Waals surface area (Å²) in [6.45, 7) is 1.69. The van der Waals surface area contributed by atoms with Crippen molar-refractivity contribution in [2.24, 2.45) is 0 Å². The van der Waals surface area contributed by atoms with Gasteiger partial charge < -0.3 is 9.30 Å². The summed E-state index contributed by atoms with van der Waals surface area (Å²) in [6.07, 6.45) is 7.51. The minimum Gasteiger partial charge on any atom is -0.339 e. The van der Waals surface area contributed by atoms with E-state index in [1.165, 1.54) is 0 Å². The number of likely N-dealkylation sites (tertiary alicyclic amines) is 1. The monoisotopic (exact) mass is 406 g/mol. The number of rotatable bonds is 4. The average Bonchev–Trinajstić information content (AvgIpc) is 3.29. The van der Waals surface area contributed by atoms with Gasteiger partial charge in [0.15, 0.2) is 5.65 Å². The first kappa shape index (κ1) is 17.6. The van der Waals surface area contributed by atoms with Gasteiger partial charge in [-0.3, -0.25) is 4.79 Å². The van der Waals surface area contributed by atoms with Gasteiger partial charge in [0.25, 0.3) is 5.91 Å². The summed E-state index contributed by atoms with van der Waals surface area (Å²) in [5, 5.41) is 1.94. The molecule has 3 aromatic heterocycles. The topological polar surface area (TPSA) is 50.5 Å². The van der Waals surface area contributed by atoms with Gasteiger partial charge in [0.05, 0.1) is 26.3 Å². The van der Waals surface area contributed by atoms with Gasteiger partial charge in [-0.2, -0.15) is 0 Å². The van der Waals surface area contributed by atoms with Gasteiger partial charge in [-0.25, -0.2) is 9.97 Å². The second kappa shape index (κ2) is 7.47. The molecule has 0 bridgehead atoms. The first-order valence-corrected chi connectivity index (χ1v) is 10.0. The van der Waals surface area contributed by atoms with E-state index in [0.29, 0.717) is 27.0 Å². The highest BCUT2D eigenvalue weighted by Gasteiger charge is 2.19. The number of pyridine rings is 2. The smallest absolute Gasteiger partial charge is 0.255 e. The summed E-state index contributed by atoms with van der Waals surface area (Å²) in [5.74, 6) is 0.723. The summed E-state index contributed by atoms with van der Waals surface area (Å²) < 4.78 is 1.83. The van der Waals surface area contributed by atoms with Crippen LogP contribution in [0.2, 0.25) is 10.0 Å². The van der Waals surface area contributed by atoms with Crippen molar-refractivity contribution in [3.8, 4) is 0 Å². The molecule has 0 unspecified atom stereocenters. The number of carbonyl (C=O) groups excluding carboxylic acids is 1. The Hall–Kier alpha value is -1.76. The second-order valence-electron chi connectivity index (χ2n) is 6.14. The van der Waals surface area contributed by atoms with Crippen LogP contribution in [0.15, 0.2) is 41.8 Å². The van der Waals surface area contributed by atoms with E-state index in [1.807, 2.05) is 27.6 Å². The number of thioether (sulfide) groups is 1. The van der Waals surface area contributed by atoms with Crippen molar-refractivity contribution in [1.29, 1.82) is 0 Å². The number of fused-ring (bicyclic) bond motifs is 1. The zero-order valence-electron chi connectivity index (χ0n) is 13.9. The molecule has 134 valence electrons. The van der Waals surface area contributed by atoms with Crippen LogP contribution in [0.25, 0.3) is 5.65 Å². The molecule has 0 aromatic carbocycles. The Morgan fingerprint density at radius 3 is 2.73 bits per heavy atom. The van der Waals surface area contributed by atoms with Gasteiger partial charge in [-0.05, 0) is 31.0 Å². The molecule has 0 aliphatic carbocycles. The number of amides is 1. The Balaban J connectivity index is 1.43. The number of imidazole rings is 1. The maximum atomic E-state index is 12.3. The predicted molar refractivity (Wildman–Crippen MR) is 104 cm³/mol. The highest BCUT2D eigenvalue weighted by molar-refractivity contribution is 7.98. The van der Waals surface area contributed by atoms with Gasteiger partial charge in [0, 0.05) is 37.4 Å². The minimum atomic E-state index is 0.0680. The van der Waals surface area contributed by atoms with E-state index < -0.39 is 0 Å². The van der Waals surface area contributed by atoms with Crippen molar-refractivity contribution in [2.45, 2.75) is 23.6 Å². The van der Waals surface area contributed by atoms with Crippen LogP contribution in [0.5, 0.6) is 0 Å².